The summed E-state index contributed by atoms with van der Waals surface area (Å²) in [6, 6.07) is 76.5. The van der Waals surface area contributed by atoms with Gasteiger partial charge in [-0.2, -0.15) is 0 Å². The van der Waals surface area contributed by atoms with E-state index in [4.69, 9.17) is 36.3 Å². The highest BCUT2D eigenvalue weighted by atomic mass is 16.7. The van der Waals surface area contributed by atoms with E-state index in [-0.39, 0.29) is 36.6 Å². The second-order valence-electron chi connectivity index (χ2n) is 24.5. The number of hydrogen-bond donors (Lipinski definition) is 0. The van der Waals surface area contributed by atoms with Crippen molar-refractivity contribution in [2.45, 2.75) is 111 Å². The van der Waals surface area contributed by atoms with Crippen LogP contribution in [0.2, 0.25) is 0 Å². The first-order valence-corrected chi connectivity index (χ1v) is 30.5. The van der Waals surface area contributed by atoms with Gasteiger partial charge in [0.05, 0.1) is 22.4 Å². The summed E-state index contributed by atoms with van der Waals surface area (Å²) in [5, 5.41) is 9.41. The maximum atomic E-state index is 6.25. The number of furan rings is 4. The Morgan fingerprint density at radius 3 is 0.989 bits per heavy atom. The van der Waals surface area contributed by atoms with Gasteiger partial charge in [0.25, 0.3) is 0 Å². The van der Waals surface area contributed by atoms with Crippen LogP contribution in [0.15, 0.2) is 242 Å². The molecule has 2 fully saturated rings. The summed E-state index contributed by atoms with van der Waals surface area (Å²) >= 11 is 0. The van der Waals surface area contributed by atoms with Crippen molar-refractivity contribution in [2.75, 3.05) is 0 Å². The standard InChI is InChI=1S/C26H27BO3.C24H23BO3.2C12H8O.C3H8/c1-6-17-13-16-20(23-21-9-7-8-10-22(21)28-24(17)23)18-11-14-19(15-12-18)27-29-25(2,3)26(4,5)30-27;1-23(2)24(3,4)28-25(27-23)17-14-12-16(13-15-17)18-9-7-10-20-19-8-5-6-11-21(19)26-22(18)20;2*1-3-7-11-9(5-1)10-6-2-4-8-12(10)13-11;1-3-2/h7-16H,6H2,1-5H3;5-15H,1-4H3;2*1-8H;3H2,1-2H3. The van der Waals surface area contributed by atoms with Gasteiger partial charge >= 0.3 is 14.2 Å². The molecule has 6 heterocycles. The molecule has 0 atom stereocenters. The van der Waals surface area contributed by atoms with E-state index in [1.807, 2.05) is 103 Å². The second-order valence-corrected chi connectivity index (χ2v) is 24.5. The molecule has 10 aromatic carbocycles. The molecule has 0 radical (unpaired) electrons. The fraction of sp³-hybridized carbons (Fsp3) is 0.221. The van der Waals surface area contributed by atoms with Crippen LogP contribution in [-0.2, 0) is 25.0 Å². The first-order chi connectivity index (χ1) is 42.0. The lowest BCUT2D eigenvalue weighted by Crippen LogP contribution is -2.41. The summed E-state index contributed by atoms with van der Waals surface area (Å²) in [7, 11) is -0.692. The van der Waals surface area contributed by atoms with Crippen molar-refractivity contribution in [1.82, 2.24) is 0 Å². The molecule has 2 aliphatic rings. The second kappa shape index (κ2) is 23.9. The lowest BCUT2D eigenvalue weighted by atomic mass is 9.78. The molecule has 0 saturated carbocycles. The van der Waals surface area contributed by atoms with Crippen LogP contribution in [-0.4, -0.2) is 36.6 Å². The molecular formula is C77H74B2O8. The predicted octanol–water partition coefficient (Wildman–Crippen LogP) is 20.3. The van der Waals surface area contributed by atoms with Crippen LogP contribution in [0, 0.1) is 0 Å². The van der Waals surface area contributed by atoms with Crippen molar-refractivity contribution in [3.05, 3.63) is 230 Å². The van der Waals surface area contributed by atoms with Gasteiger partial charge in [0.2, 0.25) is 0 Å². The van der Waals surface area contributed by atoms with Crippen molar-refractivity contribution in [2.24, 2.45) is 0 Å². The number of para-hydroxylation sites is 7. The Bertz CT molecular complexity index is 4470. The molecule has 0 unspecified atom stereocenters. The highest BCUT2D eigenvalue weighted by Crippen LogP contribution is 2.42. The summed E-state index contributed by atoms with van der Waals surface area (Å²) in [6.07, 6.45) is 2.19. The van der Waals surface area contributed by atoms with Crippen LogP contribution in [0.25, 0.3) is 110 Å². The lowest BCUT2D eigenvalue weighted by molar-refractivity contribution is 0.00578. The van der Waals surface area contributed by atoms with E-state index in [1.165, 1.54) is 44.5 Å². The Hall–Kier alpha value is -8.63. The molecule has 0 spiro atoms. The van der Waals surface area contributed by atoms with Crippen LogP contribution in [0.4, 0.5) is 0 Å². The van der Waals surface area contributed by atoms with E-state index >= 15 is 0 Å². The Labute approximate surface area is 510 Å². The third kappa shape index (κ3) is 11.4. The average Bonchev–Trinajstić information content (AvgIpc) is 1.94. The van der Waals surface area contributed by atoms with Gasteiger partial charge in [-0.25, -0.2) is 0 Å². The third-order valence-corrected chi connectivity index (χ3v) is 17.5. The molecule has 16 rings (SSSR count). The molecule has 2 saturated heterocycles. The van der Waals surface area contributed by atoms with Crippen molar-refractivity contribution in [3.63, 3.8) is 0 Å². The van der Waals surface area contributed by atoms with Gasteiger partial charge in [-0.15, -0.1) is 0 Å². The van der Waals surface area contributed by atoms with Crippen LogP contribution < -0.4 is 10.9 Å². The number of rotatable bonds is 5. The Kier molecular flexibility index (Phi) is 16.1. The van der Waals surface area contributed by atoms with Crippen molar-refractivity contribution in [3.8, 4) is 22.3 Å². The zero-order valence-corrected chi connectivity index (χ0v) is 51.7. The van der Waals surface area contributed by atoms with Crippen LogP contribution in [0.5, 0.6) is 0 Å². The van der Waals surface area contributed by atoms with Gasteiger partial charge in [-0.3, -0.25) is 0 Å². The van der Waals surface area contributed by atoms with Gasteiger partial charge in [-0.1, -0.05) is 215 Å². The van der Waals surface area contributed by atoms with Gasteiger partial charge in [0, 0.05) is 48.7 Å². The van der Waals surface area contributed by atoms with E-state index in [0.717, 1.165) is 94.9 Å². The minimum Gasteiger partial charge on any atom is -0.456 e. The van der Waals surface area contributed by atoms with Crippen LogP contribution in [0.3, 0.4) is 0 Å². The average molecular weight is 1150 g/mol. The lowest BCUT2D eigenvalue weighted by Gasteiger charge is -2.32. The Morgan fingerprint density at radius 1 is 0.287 bits per heavy atom. The smallest absolute Gasteiger partial charge is 0.456 e. The Balaban J connectivity index is 0.000000118. The van der Waals surface area contributed by atoms with E-state index in [2.05, 4.69) is 197 Å². The molecule has 0 N–H and O–H groups in total. The minimum atomic E-state index is -0.346. The number of hydrogen-bond acceptors (Lipinski definition) is 8. The number of benzene rings is 10. The molecule has 14 aromatic rings. The van der Waals surface area contributed by atoms with Crippen molar-refractivity contribution in [1.29, 1.82) is 0 Å². The molecule has 0 bridgehead atoms. The molecule has 2 aliphatic heterocycles. The van der Waals surface area contributed by atoms with Gasteiger partial charge in [-0.05, 0) is 131 Å². The fourth-order valence-electron chi connectivity index (χ4n) is 11.3. The summed E-state index contributed by atoms with van der Waals surface area (Å²) in [5.74, 6) is 0. The van der Waals surface area contributed by atoms with Crippen LogP contribution in [0.1, 0.15) is 88.1 Å². The maximum Gasteiger partial charge on any atom is 0.494 e. The monoisotopic (exact) mass is 1150 g/mol. The van der Waals surface area contributed by atoms with E-state index < -0.39 is 0 Å². The number of fused-ring (bicyclic) bond motifs is 12. The molecule has 436 valence electrons. The van der Waals surface area contributed by atoms with Crippen molar-refractivity contribution >= 4 is 113 Å². The van der Waals surface area contributed by atoms with Crippen LogP contribution >= 0.6 is 0 Å². The summed E-state index contributed by atoms with van der Waals surface area (Å²) in [6.45, 7) is 23.0. The fourth-order valence-corrected chi connectivity index (χ4v) is 11.3. The first-order valence-electron chi connectivity index (χ1n) is 30.5. The highest BCUT2D eigenvalue weighted by Gasteiger charge is 2.52. The minimum absolute atomic E-state index is 0.337. The first kappa shape index (κ1) is 58.7. The maximum absolute atomic E-state index is 6.25. The van der Waals surface area contributed by atoms with Gasteiger partial charge < -0.3 is 36.3 Å². The third-order valence-electron chi connectivity index (χ3n) is 17.5. The Morgan fingerprint density at radius 2 is 0.598 bits per heavy atom. The summed E-state index contributed by atoms with van der Waals surface area (Å²) in [4.78, 5) is 0. The van der Waals surface area contributed by atoms with Gasteiger partial charge in [0.1, 0.15) is 44.7 Å². The molecule has 4 aromatic heterocycles. The topological polar surface area (TPSA) is 89.5 Å². The van der Waals surface area contributed by atoms with E-state index in [1.54, 1.807) is 0 Å². The molecule has 10 heteroatoms. The molecule has 8 nitrogen and oxygen atoms in total. The predicted molar refractivity (Wildman–Crippen MR) is 363 cm³/mol. The normalized spacial score (nSPS) is 15.5. The van der Waals surface area contributed by atoms with Gasteiger partial charge in [0.15, 0.2) is 0 Å². The molecular weight excluding hydrogens is 1070 g/mol. The zero-order chi connectivity index (χ0) is 60.7. The molecule has 0 amide bonds. The summed E-state index contributed by atoms with van der Waals surface area (Å²) in [5.41, 5.74) is 14.1. The largest absolute Gasteiger partial charge is 0.494 e. The quantitative estimate of drug-likeness (QED) is 0.158. The highest BCUT2D eigenvalue weighted by molar-refractivity contribution is 6.62. The molecule has 0 aliphatic carbocycles. The summed E-state index contributed by atoms with van der Waals surface area (Å²) < 4.78 is 48.5. The molecule has 87 heavy (non-hydrogen) atoms. The van der Waals surface area contributed by atoms with E-state index in [9.17, 15) is 0 Å². The van der Waals surface area contributed by atoms with Crippen molar-refractivity contribution < 1.29 is 36.3 Å². The zero-order valence-electron chi connectivity index (χ0n) is 51.7. The number of aryl methyl sites for hydroxylation is 1. The van der Waals surface area contributed by atoms with E-state index in [0.29, 0.717) is 0 Å². The SMILES string of the molecule is CC1(C)OB(c2ccc(-c3cccc4c3oc3ccccc34)cc2)OC1(C)C.CCC.CCc1ccc(-c2ccc(B3OC(C)(C)C(C)(C)O3)cc2)c2c1oc1ccccc12.c1ccc2c(c1)oc1ccccc12.c1ccc2c(c1)oc1ccccc12.